The van der Waals surface area contributed by atoms with Crippen molar-refractivity contribution in [2.24, 2.45) is 11.8 Å². The summed E-state index contributed by atoms with van der Waals surface area (Å²) in [6, 6.07) is 0. The van der Waals surface area contributed by atoms with Gasteiger partial charge in [-0.2, -0.15) is 0 Å². The third-order valence-corrected chi connectivity index (χ3v) is 3.41. The molecule has 1 aliphatic heterocycles. The molecule has 0 bridgehead atoms. The molecule has 0 spiro atoms. The van der Waals surface area contributed by atoms with Crippen LogP contribution in [0.5, 0.6) is 0 Å². The monoisotopic (exact) mass is 169 g/mol. The van der Waals surface area contributed by atoms with Crippen LogP contribution in [0.3, 0.4) is 0 Å². The van der Waals surface area contributed by atoms with Gasteiger partial charge in [0, 0.05) is 13.1 Å². The van der Waals surface area contributed by atoms with E-state index in [0.29, 0.717) is 5.92 Å². The predicted molar refractivity (Wildman–Crippen MR) is 48.9 cm³/mol. The second-order valence-electron chi connectivity index (χ2n) is 4.37. The lowest BCUT2D eigenvalue weighted by Gasteiger charge is -2.17. The number of nitrogens with one attached hydrogen (secondary N) is 1. The molecule has 70 valence electrons. The second kappa shape index (κ2) is 3.75. The van der Waals surface area contributed by atoms with Crippen molar-refractivity contribution < 1.29 is 5.11 Å². The van der Waals surface area contributed by atoms with E-state index in [9.17, 15) is 5.11 Å². The van der Waals surface area contributed by atoms with Gasteiger partial charge in [0.05, 0.1) is 6.10 Å². The number of aliphatic hydroxyl groups is 1. The standard InChI is InChI=1S/C10H19NO/c12-10-7-11-6-9(10)5-8-3-1-2-4-8/h8-12H,1-7H2/t9-,10-/m1/s1. The Morgan fingerprint density at radius 3 is 2.50 bits per heavy atom. The zero-order valence-electron chi connectivity index (χ0n) is 7.63. The molecule has 2 N–H and O–H groups in total. The van der Waals surface area contributed by atoms with Gasteiger partial charge in [-0.05, 0) is 18.3 Å². The van der Waals surface area contributed by atoms with Crippen LogP contribution in [0.15, 0.2) is 0 Å². The van der Waals surface area contributed by atoms with Gasteiger partial charge < -0.3 is 10.4 Å². The number of aliphatic hydroxyl groups excluding tert-OH is 1. The highest BCUT2D eigenvalue weighted by Crippen LogP contribution is 2.31. The third kappa shape index (κ3) is 1.80. The predicted octanol–water partition coefficient (Wildman–Crippen LogP) is 1.15. The minimum atomic E-state index is -0.0643. The summed E-state index contributed by atoms with van der Waals surface area (Å²) in [4.78, 5) is 0. The zero-order chi connectivity index (χ0) is 8.39. The minimum Gasteiger partial charge on any atom is -0.391 e. The second-order valence-corrected chi connectivity index (χ2v) is 4.37. The normalized spacial score (nSPS) is 37.8. The summed E-state index contributed by atoms with van der Waals surface area (Å²) < 4.78 is 0. The summed E-state index contributed by atoms with van der Waals surface area (Å²) in [5.74, 6) is 1.47. The summed E-state index contributed by atoms with van der Waals surface area (Å²) >= 11 is 0. The molecular formula is C10H19NO. The van der Waals surface area contributed by atoms with Gasteiger partial charge in [-0.1, -0.05) is 25.7 Å². The van der Waals surface area contributed by atoms with Crippen molar-refractivity contribution in [3.63, 3.8) is 0 Å². The van der Waals surface area contributed by atoms with Crippen LogP contribution in [0.2, 0.25) is 0 Å². The van der Waals surface area contributed by atoms with Crippen LogP contribution in [-0.4, -0.2) is 24.3 Å². The fourth-order valence-corrected chi connectivity index (χ4v) is 2.63. The number of hydrogen-bond acceptors (Lipinski definition) is 2. The highest BCUT2D eigenvalue weighted by Gasteiger charge is 2.28. The lowest BCUT2D eigenvalue weighted by molar-refractivity contribution is 0.132. The molecule has 2 rings (SSSR count). The Bertz CT molecular complexity index is 143. The molecule has 1 saturated heterocycles. The molecule has 1 saturated carbocycles. The Hall–Kier alpha value is -0.0800. The maximum Gasteiger partial charge on any atom is 0.0704 e. The van der Waals surface area contributed by atoms with Crippen LogP contribution in [0, 0.1) is 11.8 Å². The molecule has 2 atom stereocenters. The number of β-amino-alcohol motifs (C(OH)–C–C–N with tert-alkyl or cyclic N) is 1. The van der Waals surface area contributed by atoms with Crippen LogP contribution in [-0.2, 0) is 0 Å². The molecule has 12 heavy (non-hydrogen) atoms. The Morgan fingerprint density at radius 2 is 1.92 bits per heavy atom. The fraction of sp³-hybridized carbons (Fsp3) is 1.00. The van der Waals surface area contributed by atoms with Gasteiger partial charge in [-0.3, -0.25) is 0 Å². The fourth-order valence-electron chi connectivity index (χ4n) is 2.63. The molecule has 0 aromatic carbocycles. The Balaban J connectivity index is 1.77. The quantitative estimate of drug-likeness (QED) is 0.650. The van der Waals surface area contributed by atoms with E-state index in [-0.39, 0.29) is 6.10 Å². The van der Waals surface area contributed by atoms with Crippen molar-refractivity contribution >= 4 is 0 Å². The van der Waals surface area contributed by atoms with Crippen LogP contribution in [0.1, 0.15) is 32.1 Å². The molecule has 2 heteroatoms. The summed E-state index contributed by atoms with van der Waals surface area (Å²) in [5, 5.41) is 12.8. The molecule has 0 amide bonds. The average Bonchev–Trinajstić information content (AvgIpc) is 2.65. The summed E-state index contributed by atoms with van der Waals surface area (Å²) in [5.41, 5.74) is 0. The van der Waals surface area contributed by atoms with Crippen molar-refractivity contribution in [2.45, 2.75) is 38.2 Å². The Labute approximate surface area is 74.4 Å². The van der Waals surface area contributed by atoms with E-state index in [1.54, 1.807) is 0 Å². The van der Waals surface area contributed by atoms with Gasteiger partial charge in [-0.25, -0.2) is 0 Å². The maximum absolute atomic E-state index is 9.59. The molecule has 1 aliphatic carbocycles. The molecule has 1 heterocycles. The van der Waals surface area contributed by atoms with Gasteiger partial charge in [0.1, 0.15) is 0 Å². The van der Waals surface area contributed by atoms with Gasteiger partial charge in [0.15, 0.2) is 0 Å². The van der Waals surface area contributed by atoms with E-state index in [1.165, 1.54) is 32.1 Å². The summed E-state index contributed by atoms with van der Waals surface area (Å²) in [7, 11) is 0. The first-order valence-corrected chi connectivity index (χ1v) is 5.25. The smallest absolute Gasteiger partial charge is 0.0704 e. The summed E-state index contributed by atoms with van der Waals surface area (Å²) in [6.45, 7) is 1.86. The van der Waals surface area contributed by atoms with E-state index in [4.69, 9.17) is 0 Å². The molecule has 2 nitrogen and oxygen atoms in total. The third-order valence-electron chi connectivity index (χ3n) is 3.41. The molecule has 0 aromatic heterocycles. The minimum absolute atomic E-state index is 0.0643. The van der Waals surface area contributed by atoms with Crippen molar-refractivity contribution in [1.82, 2.24) is 5.32 Å². The van der Waals surface area contributed by atoms with Gasteiger partial charge in [0.2, 0.25) is 0 Å². The number of rotatable bonds is 2. The molecule has 0 aromatic rings. The first-order chi connectivity index (χ1) is 5.86. The van der Waals surface area contributed by atoms with E-state index in [0.717, 1.165) is 19.0 Å². The lowest BCUT2D eigenvalue weighted by atomic mass is 9.91. The highest BCUT2D eigenvalue weighted by molar-refractivity contribution is 4.83. The van der Waals surface area contributed by atoms with E-state index >= 15 is 0 Å². The van der Waals surface area contributed by atoms with Gasteiger partial charge in [0.25, 0.3) is 0 Å². The SMILES string of the molecule is O[C@@H]1CNC[C@H]1CC1CCCC1. The van der Waals surface area contributed by atoms with Gasteiger partial charge in [-0.15, -0.1) is 0 Å². The average molecular weight is 169 g/mol. The Morgan fingerprint density at radius 1 is 1.17 bits per heavy atom. The molecular weight excluding hydrogens is 150 g/mol. The molecule has 0 radical (unpaired) electrons. The van der Waals surface area contributed by atoms with Gasteiger partial charge >= 0.3 is 0 Å². The summed E-state index contributed by atoms with van der Waals surface area (Å²) in [6.07, 6.45) is 6.84. The van der Waals surface area contributed by atoms with Crippen molar-refractivity contribution in [3.05, 3.63) is 0 Å². The Kier molecular flexibility index (Phi) is 2.66. The van der Waals surface area contributed by atoms with Crippen molar-refractivity contribution in [3.8, 4) is 0 Å². The van der Waals surface area contributed by atoms with E-state index in [1.807, 2.05) is 0 Å². The largest absolute Gasteiger partial charge is 0.391 e. The first kappa shape index (κ1) is 8.52. The van der Waals surface area contributed by atoms with Crippen LogP contribution in [0.25, 0.3) is 0 Å². The number of hydrogen-bond donors (Lipinski definition) is 2. The first-order valence-electron chi connectivity index (χ1n) is 5.25. The van der Waals surface area contributed by atoms with Crippen LogP contribution in [0.4, 0.5) is 0 Å². The van der Waals surface area contributed by atoms with Crippen LogP contribution < -0.4 is 5.32 Å². The zero-order valence-corrected chi connectivity index (χ0v) is 7.63. The van der Waals surface area contributed by atoms with Crippen molar-refractivity contribution in [1.29, 1.82) is 0 Å². The molecule has 2 aliphatic rings. The van der Waals surface area contributed by atoms with Crippen LogP contribution >= 0.6 is 0 Å². The topological polar surface area (TPSA) is 32.3 Å². The van der Waals surface area contributed by atoms with E-state index < -0.39 is 0 Å². The van der Waals surface area contributed by atoms with E-state index in [2.05, 4.69) is 5.32 Å². The highest BCUT2D eigenvalue weighted by atomic mass is 16.3. The van der Waals surface area contributed by atoms with Crippen molar-refractivity contribution in [2.75, 3.05) is 13.1 Å². The maximum atomic E-state index is 9.59. The molecule has 0 unspecified atom stereocenters. The molecule has 2 fully saturated rings. The lowest BCUT2D eigenvalue weighted by Crippen LogP contribution is -2.20.